The van der Waals surface area contributed by atoms with Crippen LogP contribution in [0.1, 0.15) is 27.7 Å². The molecule has 0 fully saturated rings. The molecule has 0 aromatic heterocycles. The molecule has 23 heavy (non-hydrogen) atoms. The second kappa shape index (κ2) is 15.7. The van der Waals surface area contributed by atoms with Crippen molar-refractivity contribution in [3.8, 4) is 0 Å². The molecule has 7 heteroatoms. The first-order chi connectivity index (χ1) is 10.4. The van der Waals surface area contributed by atoms with Crippen LogP contribution in [0.2, 0.25) is 0 Å². The van der Waals surface area contributed by atoms with Gasteiger partial charge in [0.15, 0.2) is 11.6 Å². The number of carbonyl (C=O) groups excluding carboxylic acids is 2. The first-order valence-electron chi connectivity index (χ1n) is 7.61. The second-order valence-corrected chi connectivity index (χ2v) is 5.15. The Kier molecular flexibility index (Phi) is 16.5. The van der Waals surface area contributed by atoms with Crippen molar-refractivity contribution >= 4 is 11.6 Å². The summed E-state index contributed by atoms with van der Waals surface area (Å²) >= 11 is 0. The van der Waals surface area contributed by atoms with E-state index < -0.39 is 0 Å². The molecule has 0 spiro atoms. The molecular weight excluding hydrogens is 336 g/mol. The van der Waals surface area contributed by atoms with Crippen LogP contribution in [-0.4, -0.2) is 50.8 Å². The zero-order chi connectivity index (χ0) is 16.8. The molecule has 6 nitrogen and oxygen atoms in total. The Hall–Kier alpha value is -1.14. The van der Waals surface area contributed by atoms with E-state index >= 15 is 0 Å². The maximum atomic E-state index is 10.8. The Morgan fingerprint density at radius 3 is 1.78 bits per heavy atom. The number of carbonyl (C=O) groups is 2. The quantitative estimate of drug-likeness (QED) is 0.259. The van der Waals surface area contributed by atoms with Crippen molar-refractivity contribution in [1.29, 1.82) is 0 Å². The van der Waals surface area contributed by atoms with Crippen LogP contribution in [0.5, 0.6) is 0 Å². The fourth-order valence-electron chi connectivity index (χ4n) is 1.79. The topological polar surface area (TPSA) is 84.3 Å². The summed E-state index contributed by atoms with van der Waals surface area (Å²) in [6.45, 7) is 11.5. The van der Waals surface area contributed by atoms with E-state index in [0.29, 0.717) is 0 Å². The maximum Gasteiger partial charge on any atom is 3.00 e. The Morgan fingerprint density at radius 1 is 0.783 bits per heavy atom. The number of hydrogen-bond acceptors (Lipinski definition) is 5. The third kappa shape index (κ3) is 18.8. The van der Waals surface area contributed by atoms with Gasteiger partial charge >= 0.3 is 17.1 Å². The van der Waals surface area contributed by atoms with E-state index in [9.17, 15) is 9.59 Å². The monoisotopic (exact) mass is 365 g/mol. The van der Waals surface area contributed by atoms with Crippen LogP contribution in [0.15, 0.2) is 23.5 Å². The fourth-order valence-corrected chi connectivity index (χ4v) is 1.79. The predicted octanol–water partition coefficient (Wildman–Crippen LogP) is 1.11. The van der Waals surface area contributed by atoms with Crippen molar-refractivity contribution in [3.05, 3.63) is 28.9 Å². The van der Waals surface area contributed by atoms with E-state index in [1.807, 2.05) is 13.8 Å². The Labute approximate surface area is 150 Å². The van der Waals surface area contributed by atoms with E-state index in [4.69, 9.17) is 0 Å². The summed E-state index contributed by atoms with van der Waals surface area (Å²) in [6.07, 6.45) is 3.17. The summed E-state index contributed by atoms with van der Waals surface area (Å²) < 4.78 is 0. The third-order valence-electron chi connectivity index (χ3n) is 2.67. The molecule has 0 aromatic carbocycles. The second-order valence-electron chi connectivity index (χ2n) is 5.15. The van der Waals surface area contributed by atoms with E-state index in [0.717, 1.165) is 50.7 Å². The van der Waals surface area contributed by atoms with Gasteiger partial charge in [0.05, 0.1) is 0 Å². The van der Waals surface area contributed by atoms with Gasteiger partial charge in [0.1, 0.15) is 0 Å². The molecule has 0 aliphatic heterocycles. The maximum absolute atomic E-state index is 10.8. The van der Waals surface area contributed by atoms with Crippen LogP contribution in [0.3, 0.4) is 0 Å². The minimum atomic E-state index is 0. The van der Waals surface area contributed by atoms with Crippen molar-refractivity contribution in [2.75, 3.05) is 39.3 Å². The summed E-state index contributed by atoms with van der Waals surface area (Å²) in [4.78, 5) is 21.7. The molecule has 0 aliphatic rings. The zero-order valence-corrected chi connectivity index (χ0v) is 15.6. The van der Waals surface area contributed by atoms with Gasteiger partial charge in [-0.15, -0.1) is 13.1 Å². The SMILES string of the molecule is CC(=O)C=C(C)NCC[N-]CCNCCNC(C)=CC(C)=O.[Fe+3]. The van der Waals surface area contributed by atoms with Gasteiger partial charge in [0.25, 0.3) is 0 Å². The van der Waals surface area contributed by atoms with Crippen molar-refractivity contribution in [2.45, 2.75) is 27.7 Å². The van der Waals surface area contributed by atoms with Gasteiger partial charge in [0, 0.05) is 24.5 Å². The first kappa shape index (κ1) is 24.1. The number of ketones is 2. The van der Waals surface area contributed by atoms with Gasteiger partial charge in [-0.05, 0) is 52.9 Å². The van der Waals surface area contributed by atoms with Crippen molar-refractivity contribution in [2.24, 2.45) is 0 Å². The number of allylic oxidation sites excluding steroid dienone is 4. The minimum absolute atomic E-state index is 0. The summed E-state index contributed by atoms with van der Waals surface area (Å²) in [7, 11) is 0. The molecule has 0 saturated carbocycles. The Morgan fingerprint density at radius 2 is 1.26 bits per heavy atom. The number of nitrogens with one attached hydrogen (secondary N) is 3. The molecule has 0 atom stereocenters. The molecule has 0 amide bonds. The Bertz CT molecular complexity index is 371. The summed E-state index contributed by atoms with van der Waals surface area (Å²) in [5.74, 6) is 0.104. The van der Waals surface area contributed by atoms with Crippen molar-refractivity contribution in [3.63, 3.8) is 0 Å². The van der Waals surface area contributed by atoms with Gasteiger partial charge in [0.2, 0.25) is 0 Å². The van der Waals surface area contributed by atoms with Crippen LogP contribution in [-0.2, 0) is 26.7 Å². The molecule has 0 saturated heterocycles. The van der Waals surface area contributed by atoms with Gasteiger partial charge in [-0.25, -0.2) is 0 Å². The number of rotatable bonds is 13. The fraction of sp³-hybridized carbons (Fsp3) is 0.625. The van der Waals surface area contributed by atoms with Gasteiger partial charge in [-0.3, -0.25) is 9.59 Å². The molecule has 0 rings (SSSR count). The zero-order valence-electron chi connectivity index (χ0n) is 14.5. The summed E-state index contributed by atoms with van der Waals surface area (Å²) in [5.41, 5.74) is 1.76. The number of hydrogen-bond donors (Lipinski definition) is 3. The van der Waals surface area contributed by atoms with E-state index in [1.54, 1.807) is 12.2 Å². The van der Waals surface area contributed by atoms with E-state index in [1.165, 1.54) is 13.8 Å². The molecule has 0 bridgehead atoms. The average Bonchev–Trinajstić information content (AvgIpc) is 2.39. The molecular formula is C16H29FeN4O2+2. The average molecular weight is 365 g/mol. The van der Waals surface area contributed by atoms with Crippen molar-refractivity contribution < 1.29 is 26.7 Å². The molecule has 0 unspecified atom stereocenters. The van der Waals surface area contributed by atoms with E-state index in [2.05, 4.69) is 21.3 Å². The van der Waals surface area contributed by atoms with Gasteiger partial charge in [-0.2, -0.15) is 0 Å². The first-order valence-corrected chi connectivity index (χ1v) is 7.61. The number of nitrogens with zero attached hydrogens (tertiary/aromatic N) is 1. The van der Waals surface area contributed by atoms with Crippen LogP contribution in [0.4, 0.5) is 0 Å². The van der Waals surface area contributed by atoms with Gasteiger partial charge < -0.3 is 21.3 Å². The van der Waals surface area contributed by atoms with Crippen LogP contribution < -0.4 is 16.0 Å². The molecule has 0 aromatic rings. The smallest absolute Gasteiger partial charge is 0.660 e. The van der Waals surface area contributed by atoms with Crippen LogP contribution in [0, 0.1) is 0 Å². The Balaban J connectivity index is 0. The van der Waals surface area contributed by atoms with Crippen LogP contribution >= 0.6 is 0 Å². The summed E-state index contributed by atoms with van der Waals surface area (Å²) in [6, 6.07) is 0. The molecule has 0 aliphatic carbocycles. The molecule has 0 heterocycles. The van der Waals surface area contributed by atoms with Crippen LogP contribution in [0.25, 0.3) is 5.32 Å². The largest absolute Gasteiger partial charge is 3.00 e. The normalized spacial score (nSPS) is 11.7. The standard InChI is InChI=1S/C16H29N4O2.Fe/c1-13(11-15(3)21)19-9-7-17-5-6-18-8-10-20-14(2)12-16(4)22;/h11-12,17,19-20H,5-10H2,1-4H3;/q-1;+3. The van der Waals surface area contributed by atoms with Gasteiger partial charge in [-0.1, -0.05) is 0 Å². The minimum Gasteiger partial charge on any atom is -0.660 e. The molecule has 3 N–H and O–H groups in total. The molecule has 1 radical (unpaired) electrons. The van der Waals surface area contributed by atoms with Crippen molar-refractivity contribution in [1.82, 2.24) is 16.0 Å². The summed E-state index contributed by atoms with van der Waals surface area (Å²) in [5, 5.41) is 13.9. The van der Waals surface area contributed by atoms with E-state index in [-0.39, 0.29) is 28.6 Å². The predicted molar refractivity (Wildman–Crippen MR) is 90.8 cm³/mol. The third-order valence-corrected chi connectivity index (χ3v) is 2.67. The molecule has 131 valence electrons.